The predicted octanol–water partition coefficient (Wildman–Crippen LogP) is 2.08. The fourth-order valence-electron chi connectivity index (χ4n) is 1.30. The van der Waals surface area contributed by atoms with Gasteiger partial charge in [0.1, 0.15) is 5.82 Å². The number of hydrogen-bond acceptors (Lipinski definition) is 4. The molecule has 1 aromatic heterocycles. The van der Waals surface area contributed by atoms with Crippen LogP contribution in [-0.2, 0) is 5.75 Å². The third kappa shape index (κ3) is 2.88. The molecule has 0 aliphatic carbocycles. The number of benzene rings is 1. The van der Waals surface area contributed by atoms with Crippen molar-refractivity contribution in [3.05, 3.63) is 52.1 Å². The molecule has 2 aromatic rings. The first-order valence-corrected chi connectivity index (χ1v) is 6.12. The van der Waals surface area contributed by atoms with Crippen molar-refractivity contribution < 1.29 is 5.11 Å². The lowest BCUT2D eigenvalue weighted by molar-refractivity contribution is 0.444. The van der Waals surface area contributed by atoms with Gasteiger partial charge in [0.05, 0.1) is 11.3 Å². The molecule has 0 aliphatic heterocycles. The van der Waals surface area contributed by atoms with Crippen LogP contribution in [-0.4, -0.2) is 15.1 Å². The van der Waals surface area contributed by atoms with Gasteiger partial charge in [-0.2, -0.15) is 4.98 Å². The Morgan fingerprint density at radius 3 is 2.71 bits per heavy atom. The molecule has 0 atom stereocenters. The normalized spacial score (nSPS) is 10.4. The zero-order valence-electron chi connectivity index (χ0n) is 9.30. The summed E-state index contributed by atoms with van der Waals surface area (Å²) in [5.41, 5.74) is -0.0420. The minimum atomic E-state index is -0.291. The molecule has 0 saturated heterocycles. The highest BCUT2D eigenvalue weighted by molar-refractivity contribution is 7.98. The molecule has 4 nitrogen and oxygen atoms in total. The van der Waals surface area contributed by atoms with Gasteiger partial charge in [-0.1, -0.05) is 18.2 Å². The quantitative estimate of drug-likeness (QED) is 0.816. The summed E-state index contributed by atoms with van der Waals surface area (Å²) in [6.45, 7) is 1.54. The molecule has 0 fully saturated rings. The second-order valence-electron chi connectivity index (χ2n) is 3.56. The first kappa shape index (κ1) is 11.7. The Morgan fingerprint density at radius 2 is 2.06 bits per heavy atom. The minimum Gasteiger partial charge on any atom is -0.493 e. The van der Waals surface area contributed by atoms with Gasteiger partial charge in [-0.05, 0) is 19.1 Å². The maximum atomic E-state index is 11.4. The lowest BCUT2D eigenvalue weighted by Crippen LogP contribution is -2.13. The molecule has 0 radical (unpaired) electrons. The molecule has 0 spiro atoms. The molecular formula is C12H12N2O2S. The second kappa shape index (κ2) is 5.05. The van der Waals surface area contributed by atoms with Gasteiger partial charge in [-0.15, -0.1) is 11.8 Å². The number of rotatable bonds is 3. The smallest absolute Gasteiger partial charge is 0.257 e. The van der Waals surface area contributed by atoms with E-state index >= 15 is 0 Å². The van der Waals surface area contributed by atoms with Crippen molar-refractivity contribution in [3.8, 4) is 5.88 Å². The average molecular weight is 248 g/mol. The molecule has 1 heterocycles. The highest BCUT2D eigenvalue weighted by Crippen LogP contribution is 2.20. The first-order chi connectivity index (χ1) is 8.16. The van der Waals surface area contributed by atoms with E-state index in [1.807, 2.05) is 30.3 Å². The molecule has 2 rings (SSSR count). The molecule has 0 amide bonds. The van der Waals surface area contributed by atoms with E-state index in [1.165, 1.54) is 6.92 Å². The minimum absolute atomic E-state index is 0.197. The molecule has 0 bridgehead atoms. The molecule has 2 N–H and O–H groups in total. The molecule has 0 unspecified atom stereocenters. The van der Waals surface area contributed by atoms with Gasteiger partial charge in [0, 0.05) is 4.90 Å². The zero-order valence-corrected chi connectivity index (χ0v) is 10.1. The second-order valence-corrected chi connectivity index (χ2v) is 4.61. The highest BCUT2D eigenvalue weighted by Gasteiger charge is 2.06. The molecular weight excluding hydrogens is 236 g/mol. The number of nitrogens with zero attached hydrogens (tertiary/aromatic N) is 1. The Hall–Kier alpha value is -1.75. The van der Waals surface area contributed by atoms with E-state index < -0.39 is 0 Å². The van der Waals surface area contributed by atoms with Crippen LogP contribution in [0.3, 0.4) is 0 Å². The summed E-state index contributed by atoms with van der Waals surface area (Å²) in [5.74, 6) is 0.803. The predicted molar refractivity (Wildman–Crippen MR) is 67.3 cm³/mol. The molecule has 1 aromatic carbocycles. The van der Waals surface area contributed by atoms with Crippen LogP contribution in [0.25, 0.3) is 0 Å². The largest absolute Gasteiger partial charge is 0.493 e. The monoisotopic (exact) mass is 248 g/mol. The number of hydrogen-bond donors (Lipinski definition) is 2. The van der Waals surface area contributed by atoms with Crippen molar-refractivity contribution in [2.24, 2.45) is 0 Å². The van der Waals surface area contributed by atoms with Gasteiger partial charge in [-0.25, -0.2) is 0 Å². The van der Waals surface area contributed by atoms with E-state index in [1.54, 1.807) is 11.8 Å². The van der Waals surface area contributed by atoms with Crippen molar-refractivity contribution in [2.45, 2.75) is 17.6 Å². The van der Waals surface area contributed by atoms with Crippen LogP contribution in [0, 0.1) is 6.92 Å². The van der Waals surface area contributed by atoms with Gasteiger partial charge < -0.3 is 10.1 Å². The van der Waals surface area contributed by atoms with Crippen molar-refractivity contribution in [1.82, 2.24) is 9.97 Å². The summed E-state index contributed by atoms with van der Waals surface area (Å²) >= 11 is 1.55. The van der Waals surface area contributed by atoms with Gasteiger partial charge in [0.2, 0.25) is 5.88 Å². The maximum absolute atomic E-state index is 11.4. The Morgan fingerprint density at radius 1 is 1.35 bits per heavy atom. The summed E-state index contributed by atoms with van der Waals surface area (Å²) in [6, 6.07) is 9.81. The summed E-state index contributed by atoms with van der Waals surface area (Å²) in [7, 11) is 0. The van der Waals surface area contributed by atoms with E-state index in [-0.39, 0.29) is 17.0 Å². The van der Waals surface area contributed by atoms with Gasteiger partial charge >= 0.3 is 0 Å². The molecule has 5 heteroatoms. The van der Waals surface area contributed by atoms with Gasteiger partial charge in [-0.3, -0.25) is 4.79 Å². The van der Waals surface area contributed by atoms with Crippen molar-refractivity contribution >= 4 is 11.8 Å². The van der Waals surface area contributed by atoms with Crippen molar-refractivity contribution in [3.63, 3.8) is 0 Å². The number of aromatic nitrogens is 2. The van der Waals surface area contributed by atoms with Crippen molar-refractivity contribution in [2.75, 3.05) is 0 Å². The van der Waals surface area contributed by atoms with Crippen LogP contribution in [0.2, 0.25) is 0 Å². The van der Waals surface area contributed by atoms with Crippen LogP contribution in [0.5, 0.6) is 5.88 Å². The number of thioether (sulfide) groups is 1. The standard InChI is InChI=1S/C12H12N2O2S/c1-8-11(15)13-10(14-12(8)16)7-17-9-5-3-2-4-6-9/h2-6H,7H2,1H3,(H2,13,14,15,16). The Kier molecular flexibility index (Phi) is 3.49. The lowest BCUT2D eigenvalue weighted by Gasteiger charge is -2.03. The molecule has 0 aliphatic rings. The third-order valence-corrected chi connectivity index (χ3v) is 3.32. The summed E-state index contributed by atoms with van der Waals surface area (Å²) < 4.78 is 0. The number of aromatic hydroxyl groups is 1. The van der Waals surface area contributed by atoms with Crippen LogP contribution in [0.4, 0.5) is 0 Å². The van der Waals surface area contributed by atoms with E-state index in [0.717, 1.165) is 4.90 Å². The topological polar surface area (TPSA) is 66.0 Å². The Labute approximate surface area is 103 Å². The third-order valence-electron chi connectivity index (χ3n) is 2.29. The van der Waals surface area contributed by atoms with Crippen LogP contribution < -0.4 is 5.56 Å². The summed E-state index contributed by atoms with van der Waals surface area (Å²) in [4.78, 5) is 19.1. The van der Waals surface area contributed by atoms with Crippen molar-refractivity contribution in [1.29, 1.82) is 0 Å². The fraction of sp³-hybridized carbons (Fsp3) is 0.167. The number of nitrogens with one attached hydrogen (secondary N) is 1. The fourth-order valence-corrected chi connectivity index (χ4v) is 2.09. The number of H-pyrrole nitrogens is 1. The Bertz CT molecular complexity index is 566. The summed E-state index contributed by atoms with van der Waals surface area (Å²) in [6.07, 6.45) is 0. The van der Waals surface area contributed by atoms with E-state index in [4.69, 9.17) is 0 Å². The van der Waals surface area contributed by atoms with Crippen LogP contribution in [0.1, 0.15) is 11.4 Å². The van der Waals surface area contributed by atoms with Crippen LogP contribution >= 0.6 is 11.8 Å². The molecule has 88 valence electrons. The lowest BCUT2D eigenvalue weighted by atomic mass is 10.3. The maximum Gasteiger partial charge on any atom is 0.257 e. The van der Waals surface area contributed by atoms with Gasteiger partial charge in [0.25, 0.3) is 5.56 Å². The van der Waals surface area contributed by atoms with Gasteiger partial charge in [0.15, 0.2) is 0 Å². The molecule has 0 saturated carbocycles. The molecule has 17 heavy (non-hydrogen) atoms. The number of aromatic amines is 1. The summed E-state index contributed by atoms with van der Waals surface area (Å²) in [5, 5.41) is 9.44. The van der Waals surface area contributed by atoms with Crippen LogP contribution in [0.15, 0.2) is 40.0 Å². The van der Waals surface area contributed by atoms with E-state index in [0.29, 0.717) is 11.6 Å². The SMILES string of the molecule is Cc1c(O)nc(CSc2ccccc2)[nH]c1=O. The zero-order chi connectivity index (χ0) is 12.3. The highest BCUT2D eigenvalue weighted by atomic mass is 32.2. The first-order valence-electron chi connectivity index (χ1n) is 5.13. The van der Waals surface area contributed by atoms with E-state index in [9.17, 15) is 9.90 Å². The Balaban J connectivity index is 2.13. The van der Waals surface area contributed by atoms with E-state index in [2.05, 4.69) is 9.97 Å². The average Bonchev–Trinajstić information content (AvgIpc) is 2.34.